The van der Waals surface area contributed by atoms with E-state index in [1.165, 1.54) is 33.4 Å². The molecule has 0 aromatic rings. The summed E-state index contributed by atoms with van der Waals surface area (Å²) in [4.78, 5) is 0. The van der Waals surface area contributed by atoms with Gasteiger partial charge in [0.05, 0.1) is 0 Å². The fourth-order valence-electron chi connectivity index (χ4n) is 3.01. The molecule has 2 atom stereocenters. The van der Waals surface area contributed by atoms with Crippen LogP contribution >= 0.6 is 0 Å². The average Bonchev–Trinajstić information content (AvgIpc) is 3.49. The molecular weight excluding hydrogens is 694 g/mol. The second kappa shape index (κ2) is 27.8. The van der Waals surface area contributed by atoms with E-state index >= 15 is 0 Å². The van der Waals surface area contributed by atoms with Crippen molar-refractivity contribution < 1.29 is 71.5 Å². The van der Waals surface area contributed by atoms with Crippen LogP contribution in [0, 0.1) is 36.1 Å². The Labute approximate surface area is 280 Å². The zero-order chi connectivity index (χ0) is 28.3. The van der Waals surface area contributed by atoms with Crippen LogP contribution in [0.25, 0.3) is 0 Å². The molecule has 0 fully saturated rings. The fraction of sp³-hybridized carbons (Fsp3) is 0.500. The Morgan fingerprint density at radius 2 is 0.895 bits per heavy atom. The molecule has 38 heavy (non-hydrogen) atoms. The summed E-state index contributed by atoms with van der Waals surface area (Å²) in [7, 11) is 0. The maximum Gasteiger partial charge on any atom is -1.00 e. The van der Waals surface area contributed by atoms with Crippen LogP contribution in [-0.2, 0) is 46.7 Å². The van der Waals surface area contributed by atoms with Gasteiger partial charge in [-0.2, -0.15) is 23.3 Å². The quantitative estimate of drug-likeness (QED) is 0.263. The SMILES string of the molecule is CC1=CC(C)[C-]=C1.CC1=CC(C)[C-]=C1.CC1=[C-]CC(C)=C1.CC1=[C-]CC(C)=C1.C[Si](C)=[Zr+2].C[Si](C)=[Zr+2].[Cl-].[Cl-]. The summed E-state index contributed by atoms with van der Waals surface area (Å²) < 4.78 is 0. The van der Waals surface area contributed by atoms with Crippen LogP contribution in [0.15, 0.2) is 69.9 Å². The molecule has 0 bridgehead atoms. The molecule has 0 amide bonds. The Bertz CT molecular complexity index is 876. The van der Waals surface area contributed by atoms with Gasteiger partial charge in [-0.25, -0.2) is 46.6 Å². The smallest absolute Gasteiger partial charge is 1.00 e. The molecule has 0 nitrogen and oxygen atoms in total. The predicted octanol–water partition coefficient (Wildman–Crippen LogP) is 3.63. The molecule has 0 heterocycles. The second-order valence-electron chi connectivity index (χ2n) is 10.1. The molecule has 4 aliphatic rings. The Morgan fingerprint density at radius 1 is 0.632 bits per heavy atom. The summed E-state index contributed by atoms with van der Waals surface area (Å²) in [6.45, 7) is 26.1. The van der Waals surface area contributed by atoms with Gasteiger partial charge >= 0.3 is 83.7 Å². The minimum absolute atomic E-state index is 0. The number of hydrogen-bond donors (Lipinski definition) is 0. The number of hydrogen-bond acceptors (Lipinski definition) is 0. The van der Waals surface area contributed by atoms with Crippen molar-refractivity contribution in [2.45, 2.75) is 94.4 Å². The van der Waals surface area contributed by atoms with Crippen LogP contribution in [0.3, 0.4) is 0 Å². The van der Waals surface area contributed by atoms with Crippen molar-refractivity contribution in [3.63, 3.8) is 0 Å². The number of halogens is 2. The van der Waals surface area contributed by atoms with Crippen LogP contribution in [-0.4, -0.2) is 10.9 Å². The molecule has 0 radical (unpaired) electrons. The van der Waals surface area contributed by atoms with E-state index in [9.17, 15) is 0 Å². The van der Waals surface area contributed by atoms with E-state index in [0.717, 1.165) is 12.8 Å². The van der Waals surface area contributed by atoms with Crippen molar-refractivity contribution in [1.82, 2.24) is 0 Å². The topological polar surface area (TPSA) is 0 Å². The van der Waals surface area contributed by atoms with Gasteiger partial charge in [-0.05, 0) is 0 Å². The minimum atomic E-state index is 0. The van der Waals surface area contributed by atoms with Crippen LogP contribution < -0.4 is 24.8 Å². The van der Waals surface area contributed by atoms with E-state index in [-0.39, 0.29) is 35.7 Å². The summed E-state index contributed by atoms with van der Waals surface area (Å²) in [5.74, 6) is 1.11. The zero-order valence-electron chi connectivity index (χ0n) is 25.8. The van der Waals surface area contributed by atoms with Crippen LogP contribution in [0.5, 0.6) is 0 Å². The fourth-order valence-corrected chi connectivity index (χ4v) is 3.01. The van der Waals surface area contributed by atoms with Gasteiger partial charge in [0.15, 0.2) is 0 Å². The van der Waals surface area contributed by atoms with Gasteiger partial charge < -0.3 is 24.8 Å². The van der Waals surface area contributed by atoms with Crippen molar-refractivity contribution in [1.29, 1.82) is 0 Å². The largest absolute Gasteiger partial charge is 1.00 e. The molecule has 4 rings (SSSR count). The van der Waals surface area contributed by atoms with E-state index in [4.69, 9.17) is 0 Å². The Hall–Kier alpha value is 0.700. The third kappa shape index (κ3) is 34.7. The third-order valence-corrected chi connectivity index (χ3v) is 4.39. The van der Waals surface area contributed by atoms with Crippen molar-refractivity contribution >= 4 is 10.9 Å². The van der Waals surface area contributed by atoms with Gasteiger partial charge in [-0.1, -0.05) is 53.4 Å². The monoisotopic (exact) mass is 738 g/mol. The maximum atomic E-state index is 3.19. The van der Waals surface area contributed by atoms with Gasteiger partial charge in [0.2, 0.25) is 0 Å². The first-order chi connectivity index (χ1) is 16.6. The summed E-state index contributed by atoms with van der Waals surface area (Å²) in [6, 6.07) is 0. The molecule has 0 saturated heterocycles. The molecule has 4 aliphatic carbocycles. The van der Waals surface area contributed by atoms with E-state index in [0.29, 0.717) is 11.8 Å². The maximum absolute atomic E-state index is 3.19. The molecular formula is C32H48Cl2Si2Zr2-2. The summed E-state index contributed by atoms with van der Waals surface area (Å²) in [5.41, 5.74) is 8.54. The molecule has 0 N–H and O–H groups in total. The van der Waals surface area contributed by atoms with E-state index in [1.54, 1.807) is 46.7 Å². The Balaban J connectivity index is -0.000000184. The van der Waals surface area contributed by atoms with Crippen molar-refractivity contribution in [3.05, 3.63) is 94.2 Å². The zero-order valence-corrected chi connectivity index (χ0v) is 34.2. The molecule has 2 unspecified atom stereocenters. The average molecular weight is 742 g/mol. The van der Waals surface area contributed by atoms with Crippen molar-refractivity contribution in [3.8, 4) is 0 Å². The van der Waals surface area contributed by atoms with E-state index in [1.807, 2.05) is 12.2 Å². The van der Waals surface area contributed by atoms with Gasteiger partial charge in [0, 0.05) is 0 Å². The first kappa shape index (κ1) is 45.7. The Kier molecular flexibility index (Phi) is 33.5. The summed E-state index contributed by atoms with van der Waals surface area (Å²) in [6.07, 6.45) is 27.6. The van der Waals surface area contributed by atoms with Gasteiger partial charge in [-0.15, -0.1) is 26.7 Å². The second-order valence-corrected chi connectivity index (χ2v) is 28.8. The van der Waals surface area contributed by atoms with E-state index in [2.05, 4.69) is 130 Å². The molecule has 0 aromatic carbocycles. The predicted molar refractivity (Wildman–Crippen MR) is 158 cm³/mol. The van der Waals surface area contributed by atoms with Crippen LogP contribution in [0.1, 0.15) is 68.2 Å². The Morgan fingerprint density at radius 3 is 0.947 bits per heavy atom. The van der Waals surface area contributed by atoms with E-state index < -0.39 is 0 Å². The van der Waals surface area contributed by atoms with Crippen LogP contribution in [0.4, 0.5) is 0 Å². The summed E-state index contributed by atoms with van der Waals surface area (Å²) >= 11 is 3.48. The standard InChI is InChI=1S/4C7H9.2C2H6Si.2ClH.2Zr/c4*1-6-3-4-7(2)5-6;2*1-3-2;;;;/h2*5H,3H2,1-2H3;2*3,5,7H,1-2H3;2*1-2H3;2*1H;;/q4*-1;;;;;2*+2/p-2. The van der Waals surface area contributed by atoms with Crippen molar-refractivity contribution in [2.75, 3.05) is 0 Å². The first-order valence-corrected chi connectivity index (χ1v) is 25.1. The molecule has 0 spiro atoms. The minimum Gasteiger partial charge on any atom is -1.00 e. The normalized spacial score (nSPS) is 18.9. The molecule has 0 aliphatic heterocycles. The first-order valence-electron chi connectivity index (χ1n) is 12.7. The van der Waals surface area contributed by atoms with Crippen molar-refractivity contribution in [2.24, 2.45) is 11.8 Å². The molecule has 208 valence electrons. The molecule has 0 aromatic heterocycles. The van der Waals surface area contributed by atoms with Gasteiger partial charge in [-0.3, -0.25) is 24.3 Å². The molecule has 0 saturated carbocycles. The third-order valence-electron chi connectivity index (χ3n) is 4.39. The van der Waals surface area contributed by atoms with Gasteiger partial charge in [0.1, 0.15) is 0 Å². The van der Waals surface area contributed by atoms with Crippen LogP contribution in [0.2, 0.25) is 26.2 Å². The number of allylic oxidation sites excluding steroid dienone is 16. The number of rotatable bonds is 0. The van der Waals surface area contributed by atoms with Gasteiger partial charge in [0.25, 0.3) is 0 Å². The summed E-state index contributed by atoms with van der Waals surface area (Å²) in [5, 5.41) is 0. The molecule has 6 heteroatoms.